The van der Waals surface area contributed by atoms with Crippen molar-refractivity contribution in [3.8, 4) is 5.75 Å². The number of hydrogen-bond donors (Lipinski definition) is 1. The fraction of sp³-hybridized carbons (Fsp3) is 0.464. The third kappa shape index (κ3) is 6.10. The van der Waals surface area contributed by atoms with E-state index in [9.17, 15) is 4.79 Å². The van der Waals surface area contributed by atoms with Crippen molar-refractivity contribution < 1.29 is 13.9 Å². The van der Waals surface area contributed by atoms with E-state index in [2.05, 4.69) is 27.9 Å². The molecule has 0 bridgehead atoms. The average Bonchev–Trinajstić information content (AvgIpc) is 3.07. The third-order valence-corrected chi connectivity index (χ3v) is 6.53. The van der Waals surface area contributed by atoms with Gasteiger partial charge in [0.15, 0.2) is 5.43 Å². The molecule has 0 atom stereocenters. The second kappa shape index (κ2) is 11.8. The molecule has 2 aromatic rings. The summed E-state index contributed by atoms with van der Waals surface area (Å²) >= 11 is 0. The van der Waals surface area contributed by atoms with Crippen molar-refractivity contribution in [2.75, 3.05) is 53.0 Å². The molecular weight excluding hydrogens is 445 g/mol. The zero-order valence-corrected chi connectivity index (χ0v) is 21.0. The number of H-pyrrole nitrogens is 1. The monoisotopic (exact) mass is 481 g/mol. The molecule has 0 radical (unpaired) electrons. The molecule has 188 valence electrons. The number of ether oxygens (including phenoxy) is 2. The Balaban J connectivity index is 1.75. The Bertz CT molecular complexity index is 1190. The normalized spacial score (nSPS) is 16.9. The van der Waals surface area contributed by atoms with Crippen LogP contribution in [0.3, 0.4) is 0 Å². The van der Waals surface area contributed by atoms with Gasteiger partial charge in [-0.05, 0) is 44.5 Å². The molecule has 1 aromatic heterocycles. The highest BCUT2D eigenvalue weighted by Crippen LogP contribution is 2.30. The molecule has 35 heavy (non-hydrogen) atoms. The molecule has 6 nitrogen and oxygen atoms in total. The summed E-state index contributed by atoms with van der Waals surface area (Å²) < 4.78 is 26.3. The van der Waals surface area contributed by atoms with Crippen LogP contribution in [0.25, 0.3) is 16.5 Å². The minimum atomic E-state index is -0.532. The van der Waals surface area contributed by atoms with Crippen LogP contribution in [-0.2, 0) is 11.3 Å². The lowest BCUT2D eigenvalue weighted by Crippen LogP contribution is -2.40. The van der Waals surface area contributed by atoms with Crippen LogP contribution in [-0.4, -0.2) is 67.8 Å². The summed E-state index contributed by atoms with van der Waals surface area (Å²) in [5.74, 6) is -0.0235. The van der Waals surface area contributed by atoms with Gasteiger partial charge in [0.25, 0.3) is 0 Å². The molecule has 0 unspecified atom stereocenters. The SMILES string of the molecule is CCCOc1ccc(F)c2c(=O)c(C3=CC=C(C)C=CC3)c(CN(C)CCN3CCOCC3)[nH]c12. The second-order valence-corrected chi connectivity index (χ2v) is 9.35. The lowest BCUT2D eigenvalue weighted by atomic mass is 9.97. The average molecular weight is 482 g/mol. The highest BCUT2D eigenvalue weighted by molar-refractivity contribution is 5.89. The van der Waals surface area contributed by atoms with Crippen molar-refractivity contribution in [3.63, 3.8) is 0 Å². The van der Waals surface area contributed by atoms with Gasteiger partial charge in [-0.15, -0.1) is 0 Å². The molecule has 0 saturated carbocycles. The van der Waals surface area contributed by atoms with Crippen molar-refractivity contribution in [3.05, 3.63) is 69.3 Å². The molecule has 0 amide bonds. The molecule has 2 heterocycles. The van der Waals surface area contributed by atoms with Crippen LogP contribution >= 0.6 is 0 Å². The van der Waals surface area contributed by atoms with Crippen LogP contribution in [0.2, 0.25) is 0 Å². The van der Waals surface area contributed by atoms with E-state index in [1.807, 2.05) is 32.1 Å². The smallest absolute Gasteiger partial charge is 0.200 e. The molecule has 2 aliphatic rings. The molecule has 1 aromatic carbocycles. The first-order chi connectivity index (χ1) is 17.0. The van der Waals surface area contributed by atoms with E-state index in [4.69, 9.17) is 9.47 Å². The fourth-order valence-corrected chi connectivity index (χ4v) is 4.57. The van der Waals surface area contributed by atoms with Gasteiger partial charge in [-0.3, -0.25) is 14.6 Å². The van der Waals surface area contributed by atoms with Gasteiger partial charge < -0.3 is 14.5 Å². The molecular formula is C28H36FN3O3. The van der Waals surface area contributed by atoms with Gasteiger partial charge >= 0.3 is 0 Å². The molecule has 1 aliphatic carbocycles. The Morgan fingerprint density at radius 1 is 1.23 bits per heavy atom. The van der Waals surface area contributed by atoms with Crippen LogP contribution in [0.15, 0.2) is 46.8 Å². The van der Waals surface area contributed by atoms with E-state index in [1.165, 1.54) is 6.07 Å². The minimum Gasteiger partial charge on any atom is -0.491 e. The maximum Gasteiger partial charge on any atom is 0.200 e. The Labute approximate surface area is 206 Å². The molecule has 1 fully saturated rings. The summed E-state index contributed by atoms with van der Waals surface area (Å²) in [6.45, 7) is 10.3. The number of aromatic nitrogens is 1. The van der Waals surface area contributed by atoms with E-state index in [-0.39, 0.29) is 10.8 Å². The van der Waals surface area contributed by atoms with Gasteiger partial charge in [-0.2, -0.15) is 0 Å². The first-order valence-corrected chi connectivity index (χ1v) is 12.5. The number of fused-ring (bicyclic) bond motifs is 1. The topological polar surface area (TPSA) is 57.8 Å². The van der Waals surface area contributed by atoms with Gasteiger partial charge in [0, 0.05) is 44.0 Å². The number of aromatic amines is 1. The van der Waals surface area contributed by atoms with Crippen molar-refractivity contribution in [2.24, 2.45) is 0 Å². The van der Waals surface area contributed by atoms with Gasteiger partial charge in [0.05, 0.1) is 30.7 Å². The van der Waals surface area contributed by atoms with E-state index in [0.29, 0.717) is 36.4 Å². The van der Waals surface area contributed by atoms with Crippen molar-refractivity contribution in [1.29, 1.82) is 0 Å². The predicted molar refractivity (Wildman–Crippen MR) is 139 cm³/mol. The maximum atomic E-state index is 15.0. The number of allylic oxidation sites excluding steroid dienone is 6. The summed E-state index contributed by atoms with van der Waals surface area (Å²) in [6.07, 6.45) is 9.52. The number of likely N-dealkylation sites (N-methyl/N-ethyl adjacent to an activating group) is 1. The number of nitrogens with one attached hydrogen (secondary N) is 1. The van der Waals surface area contributed by atoms with Crippen LogP contribution in [0, 0.1) is 5.82 Å². The van der Waals surface area contributed by atoms with E-state index in [0.717, 1.165) is 62.7 Å². The van der Waals surface area contributed by atoms with Gasteiger partial charge in [-0.25, -0.2) is 4.39 Å². The fourth-order valence-electron chi connectivity index (χ4n) is 4.57. The van der Waals surface area contributed by atoms with Crippen molar-refractivity contribution in [1.82, 2.24) is 14.8 Å². The first-order valence-electron chi connectivity index (χ1n) is 12.5. The van der Waals surface area contributed by atoms with E-state index >= 15 is 4.39 Å². The van der Waals surface area contributed by atoms with Gasteiger partial charge in [0.2, 0.25) is 0 Å². The standard InChI is InChI=1S/C28H36FN3O3/c1-4-16-35-24-11-10-22(29)26-27(24)30-23(19-31(3)12-13-32-14-17-34-18-15-32)25(28(26)33)21-7-5-6-20(2)8-9-21/h5-6,8-11H,4,7,12-19H2,1-3H3,(H,30,33). The molecule has 7 heteroatoms. The predicted octanol–water partition coefficient (Wildman–Crippen LogP) is 4.51. The number of morpholine rings is 1. The third-order valence-electron chi connectivity index (χ3n) is 6.53. The Morgan fingerprint density at radius 3 is 2.80 bits per heavy atom. The lowest BCUT2D eigenvalue weighted by molar-refractivity contribution is 0.0341. The molecule has 1 saturated heterocycles. The zero-order chi connectivity index (χ0) is 24.8. The van der Waals surface area contributed by atoms with Crippen molar-refractivity contribution >= 4 is 16.5 Å². The number of pyridine rings is 1. The number of hydrogen-bond acceptors (Lipinski definition) is 5. The summed E-state index contributed by atoms with van der Waals surface area (Å²) in [4.78, 5) is 21.9. The van der Waals surface area contributed by atoms with E-state index in [1.54, 1.807) is 6.07 Å². The Hall–Kier alpha value is -2.74. The quantitative estimate of drug-likeness (QED) is 0.571. The molecule has 1 N–H and O–H groups in total. The highest BCUT2D eigenvalue weighted by Gasteiger charge is 2.21. The van der Waals surface area contributed by atoms with E-state index < -0.39 is 5.82 Å². The molecule has 4 rings (SSSR count). The van der Waals surface area contributed by atoms with Gasteiger partial charge in [-0.1, -0.05) is 36.8 Å². The first kappa shape index (κ1) is 25.4. The lowest BCUT2D eigenvalue weighted by Gasteiger charge is -2.29. The molecule has 1 aliphatic heterocycles. The number of rotatable bonds is 9. The van der Waals surface area contributed by atoms with Crippen molar-refractivity contribution in [2.45, 2.75) is 33.2 Å². The number of benzene rings is 1. The highest BCUT2D eigenvalue weighted by atomic mass is 19.1. The molecule has 0 spiro atoms. The van der Waals surface area contributed by atoms with Crippen LogP contribution in [0.4, 0.5) is 4.39 Å². The maximum absolute atomic E-state index is 15.0. The van der Waals surface area contributed by atoms with Gasteiger partial charge in [0.1, 0.15) is 11.6 Å². The number of halogens is 1. The summed E-state index contributed by atoms with van der Waals surface area (Å²) in [5.41, 5.74) is 3.48. The summed E-state index contributed by atoms with van der Waals surface area (Å²) in [5, 5.41) is 0.0585. The van der Waals surface area contributed by atoms with Crippen LogP contribution in [0.1, 0.15) is 37.9 Å². The number of nitrogens with zero attached hydrogens (tertiary/aromatic N) is 2. The largest absolute Gasteiger partial charge is 0.491 e. The summed E-state index contributed by atoms with van der Waals surface area (Å²) in [6, 6.07) is 2.93. The Morgan fingerprint density at radius 2 is 2.03 bits per heavy atom. The minimum absolute atomic E-state index is 0.0585. The van der Waals surface area contributed by atoms with Crippen LogP contribution < -0.4 is 10.2 Å². The zero-order valence-electron chi connectivity index (χ0n) is 21.0. The second-order valence-electron chi connectivity index (χ2n) is 9.35. The Kier molecular flexibility index (Phi) is 8.55. The van der Waals surface area contributed by atoms with Crippen LogP contribution in [0.5, 0.6) is 5.75 Å². The summed E-state index contributed by atoms with van der Waals surface area (Å²) in [7, 11) is 2.05.